The zero-order chi connectivity index (χ0) is 17.0. The van der Waals surface area contributed by atoms with Crippen LogP contribution in [0.2, 0.25) is 0 Å². The second kappa shape index (κ2) is 6.95. The first-order valence-electron chi connectivity index (χ1n) is 7.07. The number of rotatable bonds is 6. The Morgan fingerprint density at radius 3 is 2.70 bits per heavy atom. The van der Waals surface area contributed by atoms with Gasteiger partial charge in [0.2, 0.25) is 5.91 Å². The van der Waals surface area contributed by atoms with E-state index in [9.17, 15) is 14.4 Å². The number of nitrogens with one attached hydrogen (secondary N) is 1. The van der Waals surface area contributed by atoms with E-state index >= 15 is 0 Å². The van der Waals surface area contributed by atoms with Crippen LogP contribution in [0.3, 0.4) is 0 Å². The standard InChI is InChI=1S/C16H17NO6/c1-3-12(16(20)21)17-14(18)6-9-7-15(19)23-13-8-10(22-2)4-5-11(9)13/h4-5,7-8,12H,3,6H2,1-2H3,(H,17,18)(H,20,21). The Kier molecular flexibility index (Phi) is 5.00. The van der Waals surface area contributed by atoms with Crippen molar-refractivity contribution in [2.75, 3.05) is 7.11 Å². The molecule has 2 N–H and O–H groups in total. The average molecular weight is 319 g/mol. The maximum absolute atomic E-state index is 12.0. The van der Waals surface area contributed by atoms with E-state index in [-0.39, 0.29) is 12.8 Å². The van der Waals surface area contributed by atoms with Gasteiger partial charge in [-0.2, -0.15) is 0 Å². The van der Waals surface area contributed by atoms with E-state index in [1.807, 2.05) is 0 Å². The third-order valence-electron chi connectivity index (χ3n) is 3.43. The number of benzene rings is 1. The van der Waals surface area contributed by atoms with Gasteiger partial charge in [0.05, 0.1) is 13.5 Å². The Balaban J connectivity index is 2.31. The Bertz CT molecular complexity index is 795. The van der Waals surface area contributed by atoms with Crippen LogP contribution < -0.4 is 15.7 Å². The van der Waals surface area contributed by atoms with Gasteiger partial charge >= 0.3 is 11.6 Å². The van der Waals surface area contributed by atoms with E-state index in [0.29, 0.717) is 22.3 Å². The Hall–Kier alpha value is -2.83. The van der Waals surface area contributed by atoms with Crippen LogP contribution in [0, 0.1) is 0 Å². The minimum Gasteiger partial charge on any atom is -0.497 e. The highest BCUT2D eigenvalue weighted by molar-refractivity contribution is 5.89. The number of fused-ring (bicyclic) bond motifs is 1. The number of amides is 1. The lowest BCUT2D eigenvalue weighted by molar-refractivity contribution is -0.141. The molecular weight excluding hydrogens is 302 g/mol. The molecule has 0 aliphatic rings. The van der Waals surface area contributed by atoms with Crippen LogP contribution >= 0.6 is 0 Å². The quantitative estimate of drug-likeness (QED) is 0.778. The lowest BCUT2D eigenvalue weighted by Gasteiger charge is -2.12. The second-order valence-electron chi connectivity index (χ2n) is 5.00. The van der Waals surface area contributed by atoms with Crippen LogP contribution in [-0.4, -0.2) is 30.1 Å². The molecule has 1 unspecified atom stereocenters. The monoisotopic (exact) mass is 319 g/mol. The van der Waals surface area contributed by atoms with Crippen LogP contribution in [0.15, 0.2) is 33.5 Å². The maximum Gasteiger partial charge on any atom is 0.336 e. The van der Waals surface area contributed by atoms with Crippen LogP contribution in [0.1, 0.15) is 18.9 Å². The van der Waals surface area contributed by atoms with Gasteiger partial charge < -0.3 is 19.6 Å². The highest BCUT2D eigenvalue weighted by Gasteiger charge is 2.18. The van der Waals surface area contributed by atoms with Crippen LogP contribution in [0.4, 0.5) is 0 Å². The molecule has 0 spiro atoms. The average Bonchev–Trinajstić information content (AvgIpc) is 2.51. The predicted molar refractivity (Wildman–Crippen MR) is 82.6 cm³/mol. The number of ether oxygens (including phenoxy) is 1. The fraction of sp³-hybridized carbons (Fsp3) is 0.312. The summed E-state index contributed by atoms with van der Waals surface area (Å²) in [6, 6.07) is 5.22. The summed E-state index contributed by atoms with van der Waals surface area (Å²) in [5.74, 6) is -1.04. The molecule has 7 nitrogen and oxygen atoms in total. The largest absolute Gasteiger partial charge is 0.497 e. The lowest BCUT2D eigenvalue weighted by Crippen LogP contribution is -2.41. The number of carbonyl (C=O) groups is 2. The van der Waals surface area contributed by atoms with Gasteiger partial charge in [-0.05, 0) is 24.1 Å². The number of carboxylic acid groups (broad SMARTS) is 1. The van der Waals surface area contributed by atoms with Crippen LogP contribution in [0.25, 0.3) is 11.0 Å². The van der Waals surface area contributed by atoms with Gasteiger partial charge in [-0.3, -0.25) is 4.79 Å². The summed E-state index contributed by atoms with van der Waals surface area (Å²) in [6.07, 6.45) is 0.161. The molecule has 0 fully saturated rings. The lowest BCUT2D eigenvalue weighted by atomic mass is 10.1. The van der Waals surface area contributed by atoms with Crippen molar-refractivity contribution in [1.29, 1.82) is 0 Å². The molecule has 2 aromatic rings. The Morgan fingerprint density at radius 2 is 2.09 bits per heavy atom. The summed E-state index contributed by atoms with van der Waals surface area (Å²) >= 11 is 0. The summed E-state index contributed by atoms with van der Waals surface area (Å²) < 4.78 is 10.2. The highest BCUT2D eigenvalue weighted by Crippen LogP contribution is 2.22. The number of carboxylic acids is 1. The van der Waals surface area contributed by atoms with E-state index < -0.39 is 23.5 Å². The number of aliphatic carboxylic acids is 1. The van der Waals surface area contributed by atoms with E-state index in [2.05, 4.69) is 5.32 Å². The van der Waals surface area contributed by atoms with Crippen molar-refractivity contribution >= 4 is 22.8 Å². The molecular formula is C16H17NO6. The molecule has 1 aromatic carbocycles. The normalized spacial score (nSPS) is 11.9. The zero-order valence-electron chi connectivity index (χ0n) is 12.8. The van der Waals surface area contributed by atoms with Crippen molar-refractivity contribution < 1.29 is 23.8 Å². The molecule has 122 valence electrons. The summed E-state index contributed by atoms with van der Waals surface area (Å²) in [6.45, 7) is 1.66. The second-order valence-corrected chi connectivity index (χ2v) is 5.00. The SMILES string of the molecule is CCC(NC(=O)Cc1cc(=O)oc2cc(OC)ccc12)C(=O)O. The molecule has 1 atom stereocenters. The predicted octanol–water partition coefficient (Wildman–Crippen LogP) is 1.32. The summed E-state index contributed by atoms with van der Waals surface area (Å²) in [7, 11) is 1.49. The first-order chi connectivity index (χ1) is 10.9. The highest BCUT2D eigenvalue weighted by atomic mass is 16.5. The number of hydrogen-bond donors (Lipinski definition) is 2. The van der Waals surface area contributed by atoms with Crippen molar-refractivity contribution in [3.05, 3.63) is 40.2 Å². The Morgan fingerprint density at radius 1 is 1.35 bits per heavy atom. The van der Waals surface area contributed by atoms with Gasteiger partial charge in [0, 0.05) is 17.5 Å². The summed E-state index contributed by atoms with van der Waals surface area (Å²) in [4.78, 5) is 34.6. The fourth-order valence-corrected chi connectivity index (χ4v) is 2.24. The van der Waals surface area contributed by atoms with E-state index in [1.54, 1.807) is 25.1 Å². The van der Waals surface area contributed by atoms with Crippen molar-refractivity contribution in [2.24, 2.45) is 0 Å². The molecule has 1 amide bonds. The molecule has 2 rings (SSSR count). The van der Waals surface area contributed by atoms with Crippen molar-refractivity contribution in [1.82, 2.24) is 5.32 Å². The molecule has 23 heavy (non-hydrogen) atoms. The molecule has 0 bridgehead atoms. The number of methoxy groups -OCH3 is 1. The molecule has 1 aromatic heterocycles. The van der Waals surface area contributed by atoms with Gasteiger partial charge in [-0.15, -0.1) is 0 Å². The van der Waals surface area contributed by atoms with Crippen molar-refractivity contribution in [3.8, 4) is 5.75 Å². The third kappa shape index (κ3) is 3.88. The van der Waals surface area contributed by atoms with Crippen LogP contribution in [-0.2, 0) is 16.0 Å². The van der Waals surface area contributed by atoms with E-state index in [1.165, 1.54) is 13.2 Å². The molecule has 0 aliphatic heterocycles. The molecule has 0 saturated heterocycles. The minimum absolute atomic E-state index is 0.113. The maximum atomic E-state index is 12.0. The molecule has 7 heteroatoms. The number of hydrogen-bond acceptors (Lipinski definition) is 5. The summed E-state index contributed by atoms with van der Waals surface area (Å²) in [5.41, 5.74) is 0.195. The zero-order valence-corrected chi connectivity index (χ0v) is 12.8. The molecule has 0 saturated carbocycles. The Labute approximate surface area is 131 Å². The smallest absolute Gasteiger partial charge is 0.336 e. The van der Waals surface area contributed by atoms with Gasteiger partial charge in [0.1, 0.15) is 17.4 Å². The van der Waals surface area contributed by atoms with Gasteiger partial charge in [0.25, 0.3) is 0 Å². The minimum atomic E-state index is -1.09. The molecule has 1 heterocycles. The van der Waals surface area contributed by atoms with E-state index in [0.717, 1.165) is 0 Å². The number of carbonyl (C=O) groups excluding carboxylic acids is 1. The first-order valence-corrected chi connectivity index (χ1v) is 7.07. The molecule has 0 radical (unpaired) electrons. The van der Waals surface area contributed by atoms with Gasteiger partial charge in [-0.25, -0.2) is 9.59 Å². The third-order valence-corrected chi connectivity index (χ3v) is 3.43. The van der Waals surface area contributed by atoms with Crippen LogP contribution in [0.5, 0.6) is 5.75 Å². The van der Waals surface area contributed by atoms with Gasteiger partial charge in [0.15, 0.2) is 0 Å². The first kappa shape index (κ1) is 16.5. The summed E-state index contributed by atoms with van der Waals surface area (Å²) in [5, 5.41) is 12.0. The molecule has 0 aliphatic carbocycles. The van der Waals surface area contributed by atoms with Gasteiger partial charge in [-0.1, -0.05) is 6.92 Å². The fourth-order valence-electron chi connectivity index (χ4n) is 2.24. The van der Waals surface area contributed by atoms with Crippen molar-refractivity contribution in [3.63, 3.8) is 0 Å². The van der Waals surface area contributed by atoms with E-state index in [4.69, 9.17) is 14.3 Å². The topological polar surface area (TPSA) is 106 Å². The van der Waals surface area contributed by atoms with Crippen molar-refractivity contribution in [2.45, 2.75) is 25.8 Å².